The Morgan fingerprint density at radius 2 is 1.04 bits per heavy atom. The molecular formula is C23H42O4. The summed E-state index contributed by atoms with van der Waals surface area (Å²) in [4.78, 5) is 23.7. The fourth-order valence-electron chi connectivity index (χ4n) is 2.93. The van der Waals surface area contributed by atoms with Crippen LogP contribution in [0.1, 0.15) is 99.3 Å². The molecule has 0 fully saturated rings. The highest BCUT2D eigenvalue weighted by molar-refractivity contribution is 5.76. The Morgan fingerprint density at radius 3 is 1.44 bits per heavy atom. The highest BCUT2D eigenvalue weighted by Crippen LogP contribution is 2.26. The first kappa shape index (κ1) is 25.7. The Hall–Kier alpha value is -1.32. The van der Waals surface area contributed by atoms with E-state index in [4.69, 9.17) is 9.47 Å². The highest BCUT2D eigenvalue weighted by atomic mass is 16.5. The molecule has 0 spiro atoms. The summed E-state index contributed by atoms with van der Waals surface area (Å²) in [5, 5.41) is 0. The Labute approximate surface area is 167 Å². The number of rotatable bonds is 15. The molecule has 0 aliphatic rings. The minimum absolute atomic E-state index is 0.0870. The number of unbranched alkanes of at least 4 members (excludes halogenated alkanes) is 5. The van der Waals surface area contributed by atoms with Crippen molar-refractivity contribution in [3.8, 4) is 0 Å². The minimum atomic E-state index is -0.378. The van der Waals surface area contributed by atoms with Crippen molar-refractivity contribution in [1.82, 2.24) is 0 Å². The number of hydrogen-bond acceptors (Lipinski definition) is 4. The maximum absolute atomic E-state index is 11.8. The molecule has 0 aliphatic carbocycles. The van der Waals surface area contributed by atoms with E-state index in [1.807, 2.05) is 41.5 Å². The molecule has 0 aromatic heterocycles. The molecule has 0 amide bonds. The molecule has 0 aromatic rings. The first-order valence-corrected chi connectivity index (χ1v) is 10.7. The van der Waals surface area contributed by atoms with Gasteiger partial charge >= 0.3 is 11.9 Å². The lowest BCUT2D eigenvalue weighted by atomic mass is 9.87. The Balaban J connectivity index is 3.72. The minimum Gasteiger partial charge on any atom is -0.466 e. The highest BCUT2D eigenvalue weighted by Gasteiger charge is 2.28. The number of carbonyl (C=O) groups excluding carboxylic acids is 2. The Morgan fingerprint density at radius 1 is 0.667 bits per heavy atom. The molecule has 0 rings (SSSR count). The number of esters is 2. The number of carbonyl (C=O) groups is 2. The third kappa shape index (κ3) is 11.9. The maximum atomic E-state index is 11.8. The van der Waals surface area contributed by atoms with E-state index in [2.05, 4.69) is 12.2 Å². The fourth-order valence-corrected chi connectivity index (χ4v) is 2.93. The average molecular weight is 383 g/mol. The predicted molar refractivity (Wildman–Crippen MR) is 112 cm³/mol. The standard InChI is InChI=1S/C23H42O4/c1-7-26-20(24)22(3,4)18-16-14-12-10-9-11-13-15-17-19-23(5,6)21(25)27-8-2/h9-10H,7-8,11-19H2,1-6H3/b10-9-. The smallest absolute Gasteiger partial charge is 0.311 e. The lowest BCUT2D eigenvalue weighted by Crippen LogP contribution is -2.26. The van der Waals surface area contributed by atoms with Gasteiger partial charge < -0.3 is 9.47 Å². The zero-order valence-corrected chi connectivity index (χ0v) is 18.6. The summed E-state index contributed by atoms with van der Waals surface area (Å²) in [6, 6.07) is 0. The molecule has 0 saturated carbocycles. The van der Waals surface area contributed by atoms with Crippen LogP contribution in [-0.4, -0.2) is 25.2 Å². The molecule has 4 nitrogen and oxygen atoms in total. The SMILES string of the molecule is CCOC(=O)C(C)(C)CCCC/C=C\CCCCCC(C)(C)C(=O)OCC. The van der Waals surface area contributed by atoms with Crippen molar-refractivity contribution in [1.29, 1.82) is 0 Å². The second-order valence-corrected chi connectivity index (χ2v) is 8.53. The van der Waals surface area contributed by atoms with E-state index in [1.165, 1.54) is 0 Å². The molecule has 4 heteroatoms. The van der Waals surface area contributed by atoms with Crippen LogP contribution in [0.2, 0.25) is 0 Å². The van der Waals surface area contributed by atoms with E-state index in [0.29, 0.717) is 13.2 Å². The van der Waals surface area contributed by atoms with Gasteiger partial charge in [-0.3, -0.25) is 9.59 Å². The predicted octanol–water partition coefficient (Wildman–Crippen LogP) is 6.23. The van der Waals surface area contributed by atoms with Gasteiger partial charge in [-0.2, -0.15) is 0 Å². The molecule has 0 aliphatic heterocycles. The monoisotopic (exact) mass is 382 g/mol. The van der Waals surface area contributed by atoms with Crippen LogP contribution in [0.25, 0.3) is 0 Å². The molecule has 0 unspecified atom stereocenters. The van der Waals surface area contributed by atoms with E-state index < -0.39 is 0 Å². The first-order valence-electron chi connectivity index (χ1n) is 10.7. The molecular weight excluding hydrogens is 340 g/mol. The summed E-state index contributed by atoms with van der Waals surface area (Å²) in [6.45, 7) is 12.5. The number of ether oxygens (including phenoxy) is 2. The fraction of sp³-hybridized carbons (Fsp3) is 0.826. The molecule has 158 valence electrons. The van der Waals surface area contributed by atoms with E-state index in [0.717, 1.165) is 57.8 Å². The quantitative estimate of drug-likeness (QED) is 0.191. The summed E-state index contributed by atoms with van der Waals surface area (Å²) in [5.74, 6) is -0.178. The van der Waals surface area contributed by atoms with Gasteiger partial charge in [0, 0.05) is 0 Å². The lowest BCUT2D eigenvalue weighted by molar-refractivity contribution is -0.154. The van der Waals surface area contributed by atoms with Crippen molar-refractivity contribution >= 4 is 11.9 Å². The van der Waals surface area contributed by atoms with Crippen molar-refractivity contribution in [3.05, 3.63) is 12.2 Å². The molecule has 0 saturated heterocycles. The van der Waals surface area contributed by atoms with Crippen LogP contribution in [0.4, 0.5) is 0 Å². The van der Waals surface area contributed by atoms with Crippen molar-refractivity contribution in [2.45, 2.75) is 99.3 Å². The molecule has 0 aromatic carbocycles. The first-order chi connectivity index (χ1) is 12.7. The van der Waals surface area contributed by atoms with Crippen LogP contribution >= 0.6 is 0 Å². The number of allylic oxidation sites excluding steroid dienone is 2. The van der Waals surface area contributed by atoms with Gasteiger partial charge in [-0.25, -0.2) is 0 Å². The van der Waals surface area contributed by atoms with Gasteiger partial charge in [0.1, 0.15) is 0 Å². The zero-order chi connectivity index (χ0) is 20.8. The average Bonchev–Trinajstić information content (AvgIpc) is 2.59. The molecule has 0 bridgehead atoms. The summed E-state index contributed by atoms with van der Waals surface area (Å²) in [5.41, 5.74) is -0.750. The van der Waals surface area contributed by atoms with E-state index in [-0.39, 0.29) is 22.8 Å². The maximum Gasteiger partial charge on any atom is 0.311 e. The van der Waals surface area contributed by atoms with Crippen LogP contribution in [-0.2, 0) is 19.1 Å². The summed E-state index contributed by atoms with van der Waals surface area (Å²) in [6.07, 6.45) is 13.9. The van der Waals surface area contributed by atoms with Crippen LogP contribution in [0.5, 0.6) is 0 Å². The topological polar surface area (TPSA) is 52.6 Å². The molecule has 27 heavy (non-hydrogen) atoms. The van der Waals surface area contributed by atoms with Gasteiger partial charge in [0.25, 0.3) is 0 Å². The van der Waals surface area contributed by atoms with Crippen molar-refractivity contribution in [3.63, 3.8) is 0 Å². The summed E-state index contributed by atoms with van der Waals surface area (Å²) in [7, 11) is 0. The van der Waals surface area contributed by atoms with E-state index in [1.54, 1.807) is 0 Å². The molecule has 0 N–H and O–H groups in total. The van der Waals surface area contributed by atoms with Crippen LogP contribution in [0.3, 0.4) is 0 Å². The van der Waals surface area contributed by atoms with Crippen LogP contribution < -0.4 is 0 Å². The summed E-state index contributed by atoms with van der Waals surface area (Å²) >= 11 is 0. The van der Waals surface area contributed by atoms with Gasteiger partial charge in [-0.05, 0) is 80.1 Å². The lowest BCUT2D eigenvalue weighted by Gasteiger charge is -2.21. The largest absolute Gasteiger partial charge is 0.466 e. The van der Waals surface area contributed by atoms with Crippen molar-refractivity contribution in [2.75, 3.05) is 13.2 Å². The van der Waals surface area contributed by atoms with Crippen LogP contribution in [0, 0.1) is 10.8 Å². The normalized spacial score (nSPS) is 12.4. The van der Waals surface area contributed by atoms with E-state index >= 15 is 0 Å². The second kappa shape index (κ2) is 13.8. The molecule has 0 heterocycles. The van der Waals surface area contributed by atoms with Gasteiger partial charge in [0.15, 0.2) is 0 Å². The molecule has 0 radical (unpaired) electrons. The third-order valence-corrected chi connectivity index (χ3v) is 4.92. The van der Waals surface area contributed by atoms with Crippen molar-refractivity contribution in [2.24, 2.45) is 10.8 Å². The molecule has 0 atom stereocenters. The zero-order valence-electron chi connectivity index (χ0n) is 18.6. The number of hydrogen-bond donors (Lipinski definition) is 0. The van der Waals surface area contributed by atoms with Gasteiger partial charge in [-0.15, -0.1) is 0 Å². The summed E-state index contributed by atoms with van der Waals surface area (Å²) < 4.78 is 10.2. The van der Waals surface area contributed by atoms with Crippen LogP contribution in [0.15, 0.2) is 12.2 Å². The Kier molecular flexibility index (Phi) is 13.1. The van der Waals surface area contributed by atoms with E-state index in [9.17, 15) is 9.59 Å². The van der Waals surface area contributed by atoms with Gasteiger partial charge in [0.05, 0.1) is 24.0 Å². The second-order valence-electron chi connectivity index (χ2n) is 8.53. The third-order valence-electron chi connectivity index (χ3n) is 4.92. The Bertz CT molecular complexity index is 449. The van der Waals surface area contributed by atoms with Crippen molar-refractivity contribution < 1.29 is 19.1 Å². The van der Waals surface area contributed by atoms with Gasteiger partial charge in [0.2, 0.25) is 0 Å². The van der Waals surface area contributed by atoms with Gasteiger partial charge in [-0.1, -0.05) is 31.4 Å².